The molecule has 5 nitrogen and oxygen atoms in total. The Kier molecular flexibility index (Phi) is 8.11. The molecule has 1 heterocycles. The molecule has 1 saturated heterocycles. The Morgan fingerprint density at radius 2 is 2.04 bits per heavy atom. The summed E-state index contributed by atoms with van der Waals surface area (Å²) in [6.45, 7) is 8.00. The second-order valence-electron chi connectivity index (χ2n) is 6.30. The molecule has 0 spiro atoms. The van der Waals surface area contributed by atoms with E-state index in [0.717, 1.165) is 13.1 Å². The van der Waals surface area contributed by atoms with Gasteiger partial charge >= 0.3 is 6.18 Å². The van der Waals surface area contributed by atoms with Crippen molar-refractivity contribution >= 4 is 5.96 Å². The molecular formula is C15H29F3N4O. The largest absolute Gasteiger partial charge is 0.411 e. The van der Waals surface area contributed by atoms with Gasteiger partial charge in [0.15, 0.2) is 5.96 Å². The van der Waals surface area contributed by atoms with Crippen LogP contribution in [0.1, 0.15) is 27.2 Å². The van der Waals surface area contributed by atoms with Crippen molar-refractivity contribution in [2.75, 3.05) is 39.9 Å². The van der Waals surface area contributed by atoms with E-state index < -0.39 is 12.8 Å². The van der Waals surface area contributed by atoms with E-state index in [9.17, 15) is 13.2 Å². The van der Waals surface area contributed by atoms with E-state index in [1.807, 2.05) is 0 Å². The topological polar surface area (TPSA) is 48.9 Å². The number of alkyl halides is 3. The van der Waals surface area contributed by atoms with Gasteiger partial charge in [-0.3, -0.25) is 9.89 Å². The van der Waals surface area contributed by atoms with Gasteiger partial charge in [0.1, 0.15) is 6.61 Å². The van der Waals surface area contributed by atoms with Crippen molar-refractivity contribution in [3.63, 3.8) is 0 Å². The molecule has 2 unspecified atom stereocenters. The van der Waals surface area contributed by atoms with Crippen molar-refractivity contribution in [1.29, 1.82) is 0 Å². The van der Waals surface area contributed by atoms with E-state index in [4.69, 9.17) is 0 Å². The van der Waals surface area contributed by atoms with Crippen LogP contribution >= 0.6 is 0 Å². The third-order valence-electron chi connectivity index (χ3n) is 3.94. The molecule has 0 aromatic heterocycles. The van der Waals surface area contributed by atoms with Gasteiger partial charge in [-0.15, -0.1) is 0 Å². The van der Waals surface area contributed by atoms with E-state index in [-0.39, 0.29) is 6.61 Å². The van der Waals surface area contributed by atoms with Crippen molar-refractivity contribution in [1.82, 2.24) is 15.5 Å². The molecule has 2 N–H and O–H groups in total. The normalized spacial score (nSPS) is 23.6. The summed E-state index contributed by atoms with van der Waals surface area (Å²) in [4.78, 5) is 6.59. The number of hydrogen-bond donors (Lipinski definition) is 2. The molecule has 8 heteroatoms. The molecule has 1 aliphatic heterocycles. The Hall–Kier alpha value is -1.02. The van der Waals surface area contributed by atoms with Crippen LogP contribution in [0.3, 0.4) is 0 Å². The Bertz CT molecular complexity index is 374. The summed E-state index contributed by atoms with van der Waals surface area (Å²) >= 11 is 0. The predicted molar refractivity (Wildman–Crippen MR) is 85.6 cm³/mol. The van der Waals surface area contributed by atoms with Gasteiger partial charge in [-0.1, -0.05) is 6.92 Å². The molecule has 1 fully saturated rings. The van der Waals surface area contributed by atoms with E-state index in [1.54, 1.807) is 7.05 Å². The maximum Gasteiger partial charge on any atom is 0.411 e. The molecule has 0 radical (unpaired) electrons. The van der Waals surface area contributed by atoms with Crippen molar-refractivity contribution in [3.8, 4) is 0 Å². The quantitative estimate of drug-likeness (QED) is 0.423. The smallest absolute Gasteiger partial charge is 0.372 e. The van der Waals surface area contributed by atoms with Crippen LogP contribution in [-0.4, -0.2) is 69.0 Å². The molecule has 23 heavy (non-hydrogen) atoms. The predicted octanol–water partition coefficient (Wildman–Crippen LogP) is 1.85. The van der Waals surface area contributed by atoms with Gasteiger partial charge < -0.3 is 15.4 Å². The number of aliphatic imine (C=N–C) groups is 1. The van der Waals surface area contributed by atoms with Crippen LogP contribution in [0.5, 0.6) is 0 Å². The average molecular weight is 338 g/mol. The molecule has 1 rings (SSSR count). The Balaban J connectivity index is 2.23. The first-order valence-electron chi connectivity index (χ1n) is 8.08. The van der Waals surface area contributed by atoms with Gasteiger partial charge in [-0.2, -0.15) is 13.2 Å². The van der Waals surface area contributed by atoms with E-state index in [1.165, 1.54) is 0 Å². The highest BCUT2D eigenvalue weighted by Crippen LogP contribution is 2.18. The van der Waals surface area contributed by atoms with Gasteiger partial charge in [0, 0.05) is 45.4 Å². The molecular weight excluding hydrogens is 309 g/mol. The maximum absolute atomic E-state index is 11.9. The van der Waals surface area contributed by atoms with Crippen LogP contribution in [0, 0.1) is 5.92 Å². The van der Waals surface area contributed by atoms with Crippen LogP contribution < -0.4 is 10.6 Å². The van der Waals surface area contributed by atoms with Crippen LogP contribution in [-0.2, 0) is 4.74 Å². The molecule has 0 bridgehead atoms. The number of likely N-dealkylation sites (tertiary alicyclic amines) is 1. The van der Waals surface area contributed by atoms with Crippen molar-refractivity contribution < 1.29 is 17.9 Å². The first kappa shape index (κ1) is 20.0. The molecule has 0 aromatic carbocycles. The minimum Gasteiger partial charge on any atom is -0.372 e. The highest BCUT2D eigenvalue weighted by molar-refractivity contribution is 5.80. The Morgan fingerprint density at radius 1 is 1.35 bits per heavy atom. The Morgan fingerprint density at radius 3 is 2.57 bits per heavy atom. The standard InChI is InChI=1S/C15H29F3N4O/c1-11(2)22-8-12(3)13(9-22)21-14(19-4)20-6-5-7-23-10-15(16,17)18/h11-13H,5-10H2,1-4H3,(H2,19,20,21). The average Bonchev–Trinajstić information content (AvgIpc) is 2.81. The third-order valence-corrected chi connectivity index (χ3v) is 3.94. The molecule has 136 valence electrons. The lowest BCUT2D eigenvalue weighted by Crippen LogP contribution is -2.47. The van der Waals surface area contributed by atoms with Crippen molar-refractivity contribution in [2.24, 2.45) is 10.9 Å². The van der Waals surface area contributed by atoms with Gasteiger partial charge in [0.25, 0.3) is 0 Å². The number of halogens is 3. The lowest BCUT2D eigenvalue weighted by molar-refractivity contribution is -0.173. The number of nitrogens with one attached hydrogen (secondary N) is 2. The van der Waals surface area contributed by atoms with Crippen LogP contribution in [0.25, 0.3) is 0 Å². The van der Waals surface area contributed by atoms with E-state index in [2.05, 4.69) is 46.0 Å². The zero-order valence-electron chi connectivity index (χ0n) is 14.4. The fourth-order valence-corrected chi connectivity index (χ4v) is 2.55. The SMILES string of the molecule is CN=C(NCCCOCC(F)(F)F)NC1CN(C(C)C)CC1C. The lowest BCUT2D eigenvalue weighted by atomic mass is 10.1. The van der Waals surface area contributed by atoms with Gasteiger partial charge in [-0.25, -0.2) is 0 Å². The van der Waals surface area contributed by atoms with Crippen LogP contribution in [0.15, 0.2) is 4.99 Å². The Labute approximate surface area is 136 Å². The summed E-state index contributed by atoms with van der Waals surface area (Å²) in [5.41, 5.74) is 0. The highest BCUT2D eigenvalue weighted by atomic mass is 19.4. The fourth-order valence-electron chi connectivity index (χ4n) is 2.55. The van der Waals surface area contributed by atoms with Crippen molar-refractivity contribution in [3.05, 3.63) is 0 Å². The lowest BCUT2D eigenvalue weighted by Gasteiger charge is -2.22. The molecule has 0 aliphatic carbocycles. The molecule has 1 aliphatic rings. The fraction of sp³-hybridized carbons (Fsp3) is 0.933. The second-order valence-corrected chi connectivity index (χ2v) is 6.30. The van der Waals surface area contributed by atoms with Gasteiger partial charge in [0.05, 0.1) is 0 Å². The first-order valence-corrected chi connectivity index (χ1v) is 8.08. The minimum absolute atomic E-state index is 0.0739. The zero-order valence-corrected chi connectivity index (χ0v) is 14.4. The number of hydrogen-bond acceptors (Lipinski definition) is 3. The summed E-state index contributed by atoms with van der Waals surface area (Å²) < 4.78 is 40.4. The summed E-state index contributed by atoms with van der Waals surface area (Å²) in [6, 6.07) is 0.843. The van der Waals surface area contributed by atoms with Crippen molar-refractivity contribution in [2.45, 2.75) is 45.5 Å². The number of ether oxygens (including phenoxy) is 1. The van der Waals surface area contributed by atoms with E-state index >= 15 is 0 Å². The summed E-state index contributed by atoms with van der Waals surface area (Å²) in [5, 5.41) is 6.51. The molecule has 2 atom stereocenters. The number of nitrogens with zero attached hydrogens (tertiary/aromatic N) is 2. The second kappa shape index (κ2) is 9.32. The van der Waals surface area contributed by atoms with Gasteiger partial charge in [0.2, 0.25) is 0 Å². The summed E-state index contributed by atoms with van der Waals surface area (Å²) in [5.74, 6) is 1.20. The maximum atomic E-state index is 11.9. The minimum atomic E-state index is -4.26. The monoisotopic (exact) mass is 338 g/mol. The number of guanidine groups is 1. The summed E-state index contributed by atoms with van der Waals surface area (Å²) in [7, 11) is 1.69. The highest BCUT2D eigenvalue weighted by Gasteiger charge is 2.31. The third kappa shape index (κ3) is 7.87. The number of rotatable bonds is 7. The van der Waals surface area contributed by atoms with E-state index in [0.29, 0.717) is 36.9 Å². The van der Waals surface area contributed by atoms with Gasteiger partial charge in [-0.05, 0) is 26.2 Å². The molecule has 0 saturated carbocycles. The first-order chi connectivity index (χ1) is 10.7. The van der Waals surface area contributed by atoms with Crippen LogP contribution in [0.2, 0.25) is 0 Å². The zero-order chi connectivity index (χ0) is 17.5. The van der Waals surface area contributed by atoms with Crippen LogP contribution in [0.4, 0.5) is 13.2 Å². The summed E-state index contributed by atoms with van der Waals surface area (Å²) in [6.07, 6.45) is -3.76. The molecule has 0 aromatic rings. The molecule has 0 amide bonds.